The molecule has 0 aromatic rings. The van der Waals surface area contributed by atoms with E-state index >= 15 is 0 Å². The van der Waals surface area contributed by atoms with E-state index in [1.165, 1.54) is 0 Å². The third kappa shape index (κ3) is 2.80. The second-order valence-corrected chi connectivity index (χ2v) is 4.24. The Labute approximate surface area is 60.6 Å². The summed E-state index contributed by atoms with van der Waals surface area (Å²) in [6.45, 7) is 3.57. The minimum atomic E-state index is -4.05. The third-order valence-corrected chi connectivity index (χ3v) is 2.90. The zero-order chi connectivity index (χ0) is 8.36. The number of rotatable bonds is 3. The van der Waals surface area contributed by atoms with Gasteiger partial charge >= 0.3 is 7.60 Å². The van der Waals surface area contributed by atoms with Gasteiger partial charge in [-0.3, -0.25) is 4.57 Å². The van der Waals surface area contributed by atoms with Crippen molar-refractivity contribution in [2.75, 3.05) is 0 Å². The highest BCUT2D eigenvalue weighted by atomic mass is 31.2. The van der Waals surface area contributed by atoms with Gasteiger partial charge in [0.25, 0.3) is 0 Å². The van der Waals surface area contributed by atoms with Gasteiger partial charge in [-0.2, -0.15) is 0 Å². The molecule has 0 aromatic carbocycles. The Morgan fingerprint density at radius 3 is 2.10 bits per heavy atom. The molecule has 0 aliphatic carbocycles. The Morgan fingerprint density at radius 2 is 2.00 bits per heavy atom. The molecule has 0 saturated carbocycles. The molecule has 62 valence electrons. The molecule has 5 heteroatoms. The fourth-order valence-electron chi connectivity index (χ4n) is 0.573. The van der Waals surface area contributed by atoms with Crippen molar-refractivity contribution in [2.24, 2.45) is 11.7 Å². The zero-order valence-electron chi connectivity index (χ0n) is 6.19. The summed E-state index contributed by atoms with van der Waals surface area (Å²) in [5.74, 6) is -1.13. The van der Waals surface area contributed by atoms with Gasteiger partial charge in [-0.05, 0) is 5.92 Å². The molecule has 0 heterocycles. The van der Waals surface area contributed by atoms with Gasteiger partial charge in [0.15, 0.2) is 0 Å². The molecule has 0 fully saturated rings. The first-order chi connectivity index (χ1) is 4.39. The molecule has 0 aromatic heterocycles. The molecule has 0 amide bonds. The van der Waals surface area contributed by atoms with E-state index in [1.807, 2.05) is 6.92 Å². The highest BCUT2D eigenvalue weighted by Gasteiger charge is 2.28. The lowest BCUT2D eigenvalue weighted by atomic mass is 10.1. The van der Waals surface area contributed by atoms with Crippen LogP contribution in [0.15, 0.2) is 0 Å². The molecule has 0 rings (SSSR count). The van der Waals surface area contributed by atoms with Crippen molar-refractivity contribution in [3.63, 3.8) is 0 Å². The average Bonchev–Trinajstić information content (AvgIpc) is 1.83. The van der Waals surface area contributed by atoms with Crippen molar-refractivity contribution < 1.29 is 14.4 Å². The van der Waals surface area contributed by atoms with E-state index in [2.05, 4.69) is 0 Å². The van der Waals surface area contributed by atoms with Crippen LogP contribution in [0.2, 0.25) is 0 Å². The molecule has 0 radical (unpaired) electrons. The maximum Gasteiger partial charge on any atom is 0.342 e. The van der Waals surface area contributed by atoms with E-state index in [0.29, 0.717) is 6.42 Å². The van der Waals surface area contributed by atoms with Crippen molar-refractivity contribution in [1.29, 1.82) is 0 Å². The molecule has 0 bridgehead atoms. The van der Waals surface area contributed by atoms with Crippen molar-refractivity contribution >= 4 is 7.60 Å². The lowest BCUT2D eigenvalue weighted by Crippen LogP contribution is -2.27. The molecule has 0 saturated heterocycles. The van der Waals surface area contributed by atoms with Gasteiger partial charge < -0.3 is 15.5 Å². The normalized spacial score (nSPS) is 18.5. The topological polar surface area (TPSA) is 83.6 Å². The number of hydrogen-bond acceptors (Lipinski definition) is 2. The second kappa shape index (κ2) is 3.49. The summed E-state index contributed by atoms with van der Waals surface area (Å²) in [5.41, 5.74) is 5.24. The lowest BCUT2D eigenvalue weighted by Gasteiger charge is -2.18. The van der Waals surface area contributed by atoms with Crippen LogP contribution in [0.25, 0.3) is 0 Å². The van der Waals surface area contributed by atoms with Crippen LogP contribution in [-0.2, 0) is 4.57 Å². The van der Waals surface area contributed by atoms with E-state index < -0.39 is 13.4 Å². The maximum atomic E-state index is 10.5. The Bertz CT molecular complexity index is 144. The molecule has 1 unspecified atom stereocenters. The minimum Gasteiger partial charge on any atom is -0.323 e. The third-order valence-electron chi connectivity index (χ3n) is 1.62. The van der Waals surface area contributed by atoms with Crippen LogP contribution in [0.3, 0.4) is 0 Å². The summed E-state index contributed by atoms with van der Waals surface area (Å²) in [4.78, 5) is 17.1. The molecule has 0 aliphatic rings. The van der Waals surface area contributed by atoms with E-state index in [4.69, 9.17) is 15.5 Å². The molecule has 2 atom stereocenters. The summed E-state index contributed by atoms with van der Waals surface area (Å²) >= 11 is 0. The Morgan fingerprint density at radius 1 is 1.60 bits per heavy atom. The summed E-state index contributed by atoms with van der Waals surface area (Å²) in [6.07, 6.45) is 0.687. The van der Waals surface area contributed by atoms with Crippen molar-refractivity contribution in [3.05, 3.63) is 0 Å². The average molecular weight is 167 g/mol. The SMILES string of the molecule is CCC(C)[C@@H](N)P(=O)(O)O. The van der Waals surface area contributed by atoms with Gasteiger partial charge in [0, 0.05) is 0 Å². The Kier molecular flexibility index (Phi) is 3.52. The number of hydrogen-bond donors (Lipinski definition) is 3. The zero-order valence-corrected chi connectivity index (χ0v) is 7.08. The van der Waals surface area contributed by atoms with Crippen LogP contribution < -0.4 is 5.73 Å². The first kappa shape index (κ1) is 10.1. The minimum absolute atomic E-state index is 0.124. The summed E-state index contributed by atoms with van der Waals surface area (Å²) in [7, 11) is -4.05. The summed E-state index contributed by atoms with van der Waals surface area (Å²) < 4.78 is 10.5. The molecule has 0 spiro atoms. The first-order valence-electron chi connectivity index (χ1n) is 3.20. The Balaban J connectivity index is 4.08. The second-order valence-electron chi connectivity index (χ2n) is 2.47. The quantitative estimate of drug-likeness (QED) is 0.534. The molecular formula is C5H14NO3P. The van der Waals surface area contributed by atoms with Crippen LogP contribution in [0.4, 0.5) is 0 Å². The summed E-state index contributed by atoms with van der Waals surface area (Å²) in [6, 6.07) is 0. The van der Waals surface area contributed by atoms with Gasteiger partial charge in [0.1, 0.15) is 5.78 Å². The molecule has 4 N–H and O–H groups in total. The predicted molar refractivity (Wildman–Crippen MR) is 39.5 cm³/mol. The lowest BCUT2D eigenvalue weighted by molar-refractivity contribution is 0.336. The van der Waals surface area contributed by atoms with Gasteiger partial charge in [-0.15, -0.1) is 0 Å². The van der Waals surface area contributed by atoms with Crippen LogP contribution in [0.5, 0.6) is 0 Å². The van der Waals surface area contributed by atoms with E-state index in [0.717, 1.165) is 0 Å². The highest BCUT2D eigenvalue weighted by Crippen LogP contribution is 2.42. The van der Waals surface area contributed by atoms with Gasteiger partial charge in [-0.1, -0.05) is 20.3 Å². The van der Waals surface area contributed by atoms with Crippen LogP contribution in [-0.4, -0.2) is 15.6 Å². The highest BCUT2D eigenvalue weighted by molar-refractivity contribution is 7.52. The van der Waals surface area contributed by atoms with Crippen LogP contribution >= 0.6 is 7.60 Å². The summed E-state index contributed by atoms with van der Waals surface area (Å²) in [5, 5.41) is 0. The van der Waals surface area contributed by atoms with Gasteiger partial charge in [0.2, 0.25) is 0 Å². The largest absolute Gasteiger partial charge is 0.342 e. The smallest absolute Gasteiger partial charge is 0.323 e. The van der Waals surface area contributed by atoms with E-state index in [9.17, 15) is 4.57 Å². The van der Waals surface area contributed by atoms with E-state index in [1.54, 1.807) is 6.92 Å². The molecule has 0 aliphatic heterocycles. The number of nitrogens with two attached hydrogens (primary N) is 1. The van der Waals surface area contributed by atoms with Gasteiger partial charge in [-0.25, -0.2) is 0 Å². The fourth-order valence-corrected chi connectivity index (χ4v) is 1.45. The van der Waals surface area contributed by atoms with Crippen LogP contribution in [0, 0.1) is 5.92 Å². The van der Waals surface area contributed by atoms with Crippen LogP contribution in [0.1, 0.15) is 20.3 Å². The monoisotopic (exact) mass is 167 g/mol. The molecule has 10 heavy (non-hydrogen) atoms. The maximum absolute atomic E-state index is 10.5. The molecular weight excluding hydrogens is 153 g/mol. The molecule has 4 nitrogen and oxygen atoms in total. The van der Waals surface area contributed by atoms with Gasteiger partial charge in [0.05, 0.1) is 0 Å². The predicted octanol–water partition coefficient (Wildman–Crippen LogP) is 0.495. The standard InChI is InChI=1S/C5H14NO3P/c1-3-4(2)5(6)10(7,8)9/h4-5H,3,6H2,1-2H3,(H2,7,8,9)/t4?,5-/m0/s1. The van der Waals surface area contributed by atoms with Crippen molar-refractivity contribution in [1.82, 2.24) is 0 Å². The van der Waals surface area contributed by atoms with E-state index in [-0.39, 0.29) is 5.92 Å². The van der Waals surface area contributed by atoms with Crippen molar-refractivity contribution in [2.45, 2.75) is 26.1 Å². The van der Waals surface area contributed by atoms with Crippen molar-refractivity contribution in [3.8, 4) is 0 Å². The fraction of sp³-hybridized carbons (Fsp3) is 1.00. The Hall–Kier alpha value is 0.110. The first-order valence-corrected chi connectivity index (χ1v) is 4.88.